The fraction of sp³-hybridized carbons (Fsp3) is 0.174. The van der Waals surface area contributed by atoms with Crippen LogP contribution in [0.4, 0.5) is 0 Å². The second-order valence-electron chi connectivity index (χ2n) is 6.57. The zero-order valence-electron chi connectivity index (χ0n) is 15.2. The number of carbonyl (C=O) groups is 1. The number of nitrogens with one attached hydrogen (secondary N) is 1. The number of para-hydroxylation sites is 1. The van der Waals surface area contributed by atoms with Gasteiger partial charge in [0.15, 0.2) is 11.5 Å². The Morgan fingerprint density at radius 1 is 0.926 bits per heavy atom. The highest BCUT2D eigenvalue weighted by molar-refractivity contribution is 5.87. The molecule has 1 amide bonds. The van der Waals surface area contributed by atoms with Crippen LogP contribution < -0.4 is 5.32 Å². The lowest BCUT2D eigenvalue weighted by molar-refractivity contribution is -0.118. The average Bonchev–Trinajstić information content (AvgIpc) is 3.27. The Morgan fingerprint density at radius 2 is 1.70 bits per heavy atom. The molecule has 0 aliphatic rings. The van der Waals surface area contributed by atoms with Crippen LogP contribution in [-0.2, 0) is 17.6 Å². The Kier molecular flexibility index (Phi) is 4.79. The van der Waals surface area contributed by atoms with Gasteiger partial charge >= 0.3 is 0 Å². The Labute approximate surface area is 157 Å². The summed E-state index contributed by atoms with van der Waals surface area (Å²) in [5.41, 5.74) is 3.08. The first-order valence-electron chi connectivity index (χ1n) is 9.08. The Morgan fingerprint density at radius 3 is 2.52 bits per heavy atom. The molecule has 4 aromatic rings. The molecule has 136 valence electrons. The van der Waals surface area contributed by atoms with Gasteiger partial charge in [-0.1, -0.05) is 48.5 Å². The van der Waals surface area contributed by atoms with E-state index >= 15 is 0 Å². The van der Waals surface area contributed by atoms with Gasteiger partial charge in [-0.25, -0.2) is 0 Å². The molecule has 2 aromatic heterocycles. The molecule has 0 atom stereocenters. The van der Waals surface area contributed by atoms with Gasteiger partial charge in [0.1, 0.15) is 11.3 Å². The van der Waals surface area contributed by atoms with Gasteiger partial charge in [-0.3, -0.25) is 4.79 Å². The molecular formula is C23H21NO3. The van der Waals surface area contributed by atoms with Crippen molar-refractivity contribution in [2.24, 2.45) is 0 Å². The molecule has 2 heterocycles. The number of fused-ring (bicyclic) bond motifs is 1. The van der Waals surface area contributed by atoms with E-state index in [0.29, 0.717) is 13.0 Å². The van der Waals surface area contributed by atoms with Crippen LogP contribution in [0.5, 0.6) is 0 Å². The van der Waals surface area contributed by atoms with Crippen molar-refractivity contribution < 1.29 is 13.6 Å². The van der Waals surface area contributed by atoms with Crippen LogP contribution >= 0.6 is 0 Å². The summed E-state index contributed by atoms with van der Waals surface area (Å²) in [6.45, 7) is 2.08. The number of amides is 1. The molecule has 0 radical (unpaired) electrons. The first-order chi connectivity index (χ1) is 13.2. The van der Waals surface area contributed by atoms with E-state index in [2.05, 4.69) is 17.4 Å². The summed E-state index contributed by atoms with van der Waals surface area (Å²) in [4.78, 5) is 11.2. The predicted octanol–water partition coefficient (Wildman–Crippen LogP) is 4.96. The molecule has 27 heavy (non-hydrogen) atoms. The molecule has 0 bridgehead atoms. The normalized spacial score (nSPS) is 11.0. The van der Waals surface area contributed by atoms with Crippen LogP contribution in [-0.4, -0.2) is 12.5 Å². The SMILES string of the molecule is CC(=O)NCCc1c(-c2ccc(Cc3ccccc3)o2)oc2ccccc12. The number of benzene rings is 2. The van der Waals surface area contributed by atoms with Gasteiger partial charge in [-0.05, 0) is 30.2 Å². The zero-order valence-corrected chi connectivity index (χ0v) is 15.2. The zero-order chi connectivity index (χ0) is 18.6. The van der Waals surface area contributed by atoms with Gasteiger partial charge in [-0.2, -0.15) is 0 Å². The first-order valence-corrected chi connectivity index (χ1v) is 9.08. The van der Waals surface area contributed by atoms with E-state index in [9.17, 15) is 4.79 Å². The van der Waals surface area contributed by atoms with Crippen molar-refractivity contribution in [3.05, 3.63) is 83.6 Å². The minimum absolute atomic E-state index is 0.0347. The number of furan rings is 2. The van der Waals surface area contributed by atoms with Crippen molar-refractivity contribution in [3.63, 3.8) is 0 Å². The highest BCUT2D eigenvalue weighted by Crippen LogP contribution is 2.35. The third-order valence-electron chi connectivity index (χ3n) is 4.55. The lowest BCUT2D eigenvalue weighted by Gasteiger charge is -2.03. The van der Waals surface area contributed by atoms with Gasteiger partial charge < -0.3 is 14.2 Å². The van der Waals surface area contributed by atoms with Crippen LogP contribution in [0.3, 0.4) is 0 Å². The van der Waals surface area contributed by atoms with Crippen LogP contribution in [0, 0.1) is 0 Å². The molecular weight excluding hydrogens is 338 g/mol. The second kappa shape index (κ2) is 7.54. The van der Waals surface area contributed by atoms with Crippen molar-refractivity contribution in [2.75, 3.05) is 6.54 Å². The average molecular weight is 359 g/mol. The van der Waals surface area contributed by atoms with Crippen LogP contribution in [0.25, 0.3) is 22.5 Å². The standard InChI is InChI=1S/C23H21NO3/c1-16(25)24-14-13-20-19-9-5-6-10-21(19)27-23(20)22-12-11-18(26-22)15-17-7-3-2-4-8-17/h2-12H,13-15H2,1H3,(H,24,25). The summed E-state index contributed by atoms with van der Waals surface area (Å²) in [7, 11) is 0. The maximum Gasteiger partial charge on any atom is 0.216 e. The Balaban J connectivity index is 1.65. The van der Waals surface area contributed by atoms with E-state index in [-0.39, 0.29) is 5.91 Å². The van der Waals surface area contributed by atoms with Gasteiger partial charge in [0, 0.05) is 30.8 Å². The van der Waals surface area contributed by atoms with Gasteiger partial charge in [0.25, 0.3) is 0 Å². The van der Waals surface area contributed by atoms with E-state index < -0.39 is 0 Å². The minimum atomic E-state index is -0.0347. The van der Waals surface area contributed by atoms with E-state index in [0.717, 1.165) is 40.2 Å². The summed E-state index contributed by atoms with van der Waals surface area (Å²) in [5, 5.41) is 3.91. The third kappa shape index (κ3) is 3.80. The quantitative estimate of drug-likeness (QED) is 0.529. The fourth-order valence-electron chi connectivity index (χ4n) is 3.30. The molecule has 0 aliphatic heterocycles. The topological polar surface area (TPSA) is 55.4 Å². The van der Waals surface area contributed by atoms with Crippen molar-refractivity contribution in [2.45, 2.75) is 19.8 Å². The van der Waals surface area contributed by atoms with E-state index in [1.807, 2.05) is 54.6 Å². The predicted molar refractivity (Wildman–Crippen MR) is 106 cm³/mol. The molecule has 0 saturated carbocycles. The summed E-state index contributed by atoms with van der Waals surface area (Å²) < 4.78 is 12.2. The molecule has 0 aliphatic carbocycles. The Hall–Kier alpha value is -3.27. The van der Waals surface area contributed by atoms with Crippen LogP contribution in [0.1, 0.15) is 23.8 Å². The highest BCUT2D eigenvalue weighted by Gasteiger charge is 2.18. The van der Waals surface area contributed by atoms with Crippen molar-refractivity contribution in [3.8, 4) is 11.5 Å². The number of rotatable bonds is 6. The molecule has 0 spiro atoms. The molecule has 4 nitrogen and oxygen atoms in total. The van der Waals surface area contributed by atoms with Crippen molar-refractivity contribution in [1.29, 1.82) is 0 Å². The number of hydrogen-bond donors (Lipinski definition) is 1. The third-order valence-corrected chi connectivity index (χ3v) is 4.55. The first kappa shape index (κ1) is 17.2. The highest BCUT2D eigenvalue weighted by atomic mass is 16.4. The lowest BCUT2D eigenvalue weighted by Crippen LogP contribution is -2.22. The summed E-state index contributed by atoms with van der Waals surface area (Å²) in [6.07, 6.45) is 1.42. The largest absolute Gasteiger partial charge is 0.457 e. The molecule has 4 rings (SSSR count). The molecule has 0 fully saturated rings. The van der Waals surface area contributed by atoms with Gasteiger partial charge in [0.05, 0.1) is 0 Å². The second-order valence-corrected chi connectivity index (χ2v) is 6.57. The van der Waals surface area contributed by atoms with Crippen LogP contribution in [0.2, 0.25) is 0 Å². The fourth-order valence-corrected chi connectivity index (χ4v) is 3.30. The summed E-state index contributed by atoms with van der Waals surface area (Å²) in [6, 6.07) is 22.1. The van der Waals surface area contributed by atoms with E-state index in [4.69, 9.17) is 8.83 Å². The van der Waals surface area contributed by atoms with Crippen molar-refractivity contribution >= 4 is 16.9 Å². The van der Waals surface area contributed by atoms with E-state index in [1.165, 1.54) is 12.5 Å². The van der Waals surface area contributed by atoms with Gasteiger partial charge in [-0.15, -0.1) is 0 Å². The monoisotopic (exact) mass is 359 g/mol. The number of carbonyl (C=O) groups excluding carboxylic acids is 1. The van der Waals surface area contributed by atoms with Gasteiger partial charge in [0.2, 0.25) is 5.91 Å². The molecule has 0 saturated heterocycles. The summed E-state index contributed by atoms with van der Waals surface area (Å²) >= 11 is 0. The molecule has 4 heteroatoms. The minimum Gasteiger partial charge on any atom is -0.457 e. The Bertz CT molecular complexity index is 1060. The van der Waals surface area contributed by atoms with Crippen molar-refractivity contribution in [1.82, 2.24) is 5.32 Å². The van der Waals surface area contributed by atoms with Crippen LogP contribution in [0.15, 0.2) is 75.6 Å². The lowest BCUT2D eigenvalue weighted by atomic mass is 10.1. The molecule has 1 N–H and O–H groups in total. The summed E-state index contributed by atoms with van der Waals surface area (Å²) in [5.74, 6) is 2.31. The smallest absolute Gasteiger partial charge is 0.216 e. The molecule has 2 aromatic carbocycles. The van der Waals surface area contributed by atoms with E-state index in [1.54, 1.807) is 0 Å². The maximum absolute atomic E-state index is 11.2. The maximum atomic E-state index is 11.2. The number of hydrogen-bond acceptors (Lipinski definition) is 3. The molecule has 0 unspecified atom stereocenters.